The van der Waals surface area contributed by atoms with Crippen LogP contribution in [0.1, 0.15) is 11.4 Å². The maximum Gasteiger partial charge on any atom is 0.226 e. The van der Waals surface area contributed by atoms with Gasteiger partial charge < -0.3 is 10.2 Å². The number of aromatic nitrogens is 4. The van der Waals surface area contributed by atoms with Crippen molar-refractivity contribution < 1.29 is 4.42 Å². The van der Waals surface area contributed by atoms with Crippen molar-refractivity contribution in [1.29, 1.82) is 0 Å². The van der Waals surface area contributed by atoms with Crippen LogP contribution in [0.4, 0.5) is 0 Å². The summed E-state index contributed by atoms with van der Waals surface area (Å²) in [5, 5.41) is 8.72. The maximum atomic E-state index is 5.96. The van der Waals surface area contributed by atoms with Gasteiger partial charge in [-0.2, -0.15) is 0 Å². The highest BCUT2D eigenvalue weighted by Gasteiger charge is 2.08. The minimum atomic E-state index is 0.502. The molecular weight excluding hydrogens is 290 g/mol. The Morgan fingerprint density at radius 3 is 3.00 bits per heavy atom. The minimum absolute atomic E-state index is 0.502. The molecule has 1 aromatic carbocycles. The normalized spacial score (nSPS) is 11.0. The number of hydrogen-bond acceptors (Lipinski definition) is 5. The van der Waals surface area contributed by atoms with Gasteiger partial charge in [0.05, 0.1) is 12.2 Å². The zero-order valence-electron chi connectivity index (χ0n) is 11.2. The van der Waals surface area contributed by atoms with E-state index in [0.717, 1.165) is 17.0 Å². The van der Waals surface area contributed by atoms with E-state index in [1.54, 1.807) is 10.9 Å². The first-order chi connectivity index (χ1) is 10.2. The van der Waals surface area contributed by atoms with Crippen LogP contribution < -0.4 is 5.73 Å². The first-order valence-corrected chi connectivity index (χ1v) is 6.92. The van der Waals surface area contributed by atoms with E-state index in [1.807, 2.05) is 30.5 Å². The standard InChI is InChI=1S/C14H14ClN5O/c15-11-3-1-2-10(6-11)14-17-13(9-21-14)8-20-7-12(4-5-16)18-19-20/h1-3,6-7,9H,4-5,8,16H2. The molecule has 2 heterocycles. The van der Waals surface area contributed by atoms with Crippen LogP contribution in [0.3, 0.4) is 0 Å². The van der Waals surface area contributed by atoms with Crippen molar-refractivity contribution in [2.45, 2.75) is 13.0 Å². The monoisotopic (exact) mass is 303 g/mol. The summed E-state index contributed by atoms with van der Waals surface area (Å²) >= 11 is 5.96. The van der Waals surface area contributed by atoms with Gasteiger partial charge in [0.1, 0.15) is 12.0 Å². The molecule has 0 saturated carbocycles. The number of rotatable bonds is 5. The minimum Gasteiger partial charge on any atom is -0.444 e. The second-order valence-electron chi connectivity index (χ2n) is 4.60. The summed E-state index contributed by atoms with van der Waals surface area (Å²) in [6, 6.07) is 7.38. The Labute approximate surface area is 126 Å². The van der Waals surface area contributed by atoms with E-state index >= 15 is 0 Å². The molecular formula is C14H14ClN5O. The fourth-order valence-corrected chi connectivity index (χ4v) is 2.17. The summed E-state index contributed by atoms with van der Waals surface area (Å²) in [5.41, 5.74) is 7.97. The molecule has 0 fully saturated rings. The number of nitrogens with zero attached hydrogens (tertiary/aromatic N) is 4. The smallest absolute Gasteiger partial charge is 0.226 e. The highest BCUT2D eigenvalue weighted by atomic mass is 35.5. The Balaban J connectivity index is 1.75. The third-order valence-electron chi connectivity index (χ3n) is 2.93. The first kappa shape index (κ1) is 13.8. The van der Waals surface area contributed by atoms with Gasteiger partial charge in [-0.15, -0.1) is 5.10 Å². The molecule has 0 aliphatic rings. The molecule has 6 nitrogen and oxygen atoms in total. The molecule has 21 heavy (non-hydrogen) atoms. The number of oxazole rings is 1. The van der Waals surface area contributed by atoms with Crippen LogP contribution in [-0.2, 0) is 13.0 Å². The molecule has 0 atom stereocenters. The maximum absolute atomic E-state index is 5.96. The fraction of sp³-hybridized carbons (Fsp3) is 0.214. The molecule has 0 saturated heterocycles. The average Bonchev–Trinajstić information content (AvgIpc) is 3.10. The Morgan fingerprint density at radius 2 is 2.19 bits per heavy atom. The van der Waals surface area contributed by atoms with Crippen LogP contribution in [0.15, 0.2) is 41.1 Å². The molecule has 0 bridgehead atoms. The largest absolute Gasteiger partial charge is 0.444 e. The molecule has 0 spiro atoms. The van der Waals surface area contributed by atoms with E-state index in [0.29, 0.717) is 30.4 Å². The Bertz CT molecular complexity index is 736. The average molecular weight is 304 g/mol. The van der Waals surface area contributed by atoms with E-state index in [2.05, 4.69) is 15.3 Å². The van der Waals surface area contributed by atoms with Crippen molar-refractivity contribution in [3.8, 4) is 11.5 Å². The molecule has 0 radical (unpaired) electrons. The lowest BCUT2D eigenvalue weighted by Crippen LogP contribution is -2.03. The number of hydrogen-bond donors (Lipinski definition) is 1. The number of halogens is 1. The van der Waals surface area contributed by atoms with Gasteiger partial charge in [0.2, 0.25) is 5.89 Å². The molecule has 3 aromatic rings. The van der Waals surface area contributed by atoms with Crippen LogP contribution in [0, 0.1) is 0 Å². The molecule has 0 amide bonds. The summed E-state index contributed by atoms with van der Waals surface area (Å²) in [4.78, 5) is 4.43. The van der Waals surface area contributed by atoms with Gasteiger partial charge in [-0.25, -0.2) is 9.67 Å². The quantitative estimate of drug-likeness (QED) is 0.780. The van der Waals surface area contributed by atoms with Crippen molar-refractivity contribution in [2.24, 2.45) is 5.73 Å². The van der Waals surface area contributed by atoms with Crippen LogP contribution in [0.5, 0.6) is 0 Å². The van der Waals surface area contributed by atoms with E-state index in [4.69, 9.17) is 21.8 Å². The van der Waals surface area contributed by atoms with Gasteiger partial charge in [-0.05, 0) is 24.7 Å². The van der Waals surface area contributed by atoms with Crippen molar-refractivity contribution in [1.82, 2.24) is 20.0 Å². The third kappa shape index (κ3) is 3.29. The molecule has 108 valence electrons. The molecule has 0 unspecified atom stereocenters. The van der Waals surface area contributed by atoms with Crippen molar-refractivity contribution in [3.63, 3.8) is 0 Å². The third-order valence-corrected chi connectivity index (χ3v) is 3.17. The lowest BCUT2D eigenvalue weighted by atomic mass is 10.2. The Hall–Kier alpha value is -2.18. The van der Waals surface area contributed by atoms with Gasteiger partial charge in [0, 0.05) is 23.2 Å². The van der Waals surface area contributed by atoms with Gasteiger partial charge in [-0.1, -0.05) is 22.9 Å². The fourth-order valence-electron chi connectivity index (χ4n) is 1.98. The number of nitrogens with two attached hydrogens (primary N) is 1. The highest BCUT2D eigenvalue weighted by molar-refractivity contribution is 6.30. The lowest BCUT2D eigenvalue weighted by molar-refractivity contribution is 0.568. The summed E-state index contributed by atoms with van der Waals surface area (Å²) in [6.07, 6.45) is 4.19. The molecule has 2 aromatic heterocycles. The summed E-state index contributed by atoms with van der Waals surface area (Å²) in [5.74, 6) is 0.537. The van der Waals surface area contributed by atoms with Crippen LogP contribution in [0.25, 0.3) is 11.5 Å². The zero-order valence-corrected chi connectivity index (χ0v) is 12.0. The van der Waals surface area contributed by atoms with E-state index < -0.39 is 0 Å². The Morgan fingerprint density at radius 1 is 1.29 bits per heavy atom. The highest BCUT2D eigenvalue weighted by Crippen LogP contribution is 2.22. The summed E-state index contributed by atoms with van der Waals surface area (Å²) in [6.45, 7) is 1.06. The first-order valence-electron chi connectivity index (χ1n) is 6.54. The predicted molar refractivity (Wildman–Crippen MR) is 78.8 cm³/mol. The van der Waals surface area contributed by atoms with Crippen molar-refractivity contribution in [3.05, 3.63) is 53.1 Å². The van der Waals surface area contributed by atoms with Crippen LogP contribution >= 0.6 is 11.6 Å². The van der Waals surface area contributed by atoms with Gasteiger partial charge in [-0.3, -0.25) is 0 Å². The second-order valence-corrected chi connectivity index (χ2v) is 5.04. The molecule has 0 aliphatic carbocycles. The van der Waals surface area contributed by atoms with E-state index in [1.165, 1.54) is 0 Å². The van der Waals surface area contributed by atoms with Gasteiger partial charge in [0.25, 0.3) is 0 Å². The van der Waals surface area contributed by atoms with Crippen LogP contribution in [0.2, 0.25) is 5.02 Å². The van der Waals surface area contributed by atoms with Crippen molar-refractivity contribution in [2.75, 3.05) is 6.54 Å². The predicted octanol–water partition coefficient (Wildman–Crippen LogP) is 2.14. The zero-order chi connectivity index (χ0) is 14.7. The molecule has 2 N–H and O–H groups in total. The molecule has 7 heteroatoms. The molecule has 0 aliphatic heterocycles. The molecule has 3 rings (SSSR count). The Kier molecular flexibility index (Phi) is 3.98. The van der Waals surface area contributed by atoms with E-state index in [-0.39, 0.29) is 0 Å². The topological polar surface area (TPSA) is 82.8 Å². The van der Waals surface area contributed by atoms with Gasteiger partial charge in [0.15, 0.2) is 0 Å². The lowest BCUT2D eigenvalue weighted by Gasteiger charge is -1.96. The SMILES string of the molecule is NCCc1cn(Cc2coc(-c3cccc(Cl)c3)n2)nn1. The van der Waals surface area contributed by atoms with E-state index in [9.17, 15) is 0 Å². The number of benzene rings is 1. The van der Waals surface area contributed by atoms with Crippen LogP contribution in [-0.4, -0.2) is 26.5 Å². The second kappa shape index (κ2) is 6.07. The van der Waals surface area contributed by atoms with Gasteiger partial charge >= 0.3 is 0 Å². The summed E-state index contributed by atoms with van der Waals surface area (Å²) < 4.78 is 7.19. The summed E-state index contributed by atoms with van der Waals surface area (Å²) in [7, 11) is 0. The van der Waals surface area contributed by atoms with Crippen molar-refractivity contribution >= 4 is 11.6 Å².